The Labute approximate surface area is 149 Å². The average molecular weight is 359 g/mol. The van der Waals surface area contributed by atoms with E-state index in [-0.39, 0.29) is 5.57 Å². The van der Waals surface area contributed by atoms with Gasteiger partial charge in [-0.15, -0.1) is 0 Å². The number of nitrogens with zero attached hydrogens (tertiary/aromatic N) is 2. The van der Waals surface area contributed by atoms with Gasteiger partial charge in [0.05, 0.1) is 0 Å². The molecule has 7 heteroatoms. The molecular formula is C18H15ClN2O4. The average Bonchev–Trinajstić information content (AvgIpc) is 3.06. The maximum Gasteiger partial charge on any atom is 0.333 e. The van der Waals surface area contributed by atoms with Crippen molar-refractivity contribution in [2.24, 2.45) is 0 Å². The topological polar surface area (TPSA) is 70.8 Å². The molecular weight excluding hydrogens is 344 g/mol. The summed E-state index contributed by atoms with van der Waals surface area (Å²) in [4.78, 5) is 37.9. The van der Waals surface area contributed by atoms with Crippen LogP contribution >= 0.6 is 11.6 Å². The zero-order chi connectivity index (χ0) is 18.3. The van der Waals surface area contributed by atoms with E-state index in [0.29, 0.717) is 16.5 Å². The van der Waals surface area contributed by atoms with Gasteiger partial charge in [-0.25, -0.2) is 4.79 Å². The third kappa shape index (κ3) is 2.96. The van der Waals surface area contributed by atoms with E-state index < -0.39 is 17.8 Å². The number of carbonyl (C=O) groups is 3. The van der Waals surface area contributed by atoms with Gasteiger partial charge in [0.15, 0.2) is 0 Å². The van der Waals surface area contributed by atoms with Crippen LogP contribution in [0.2, 0.25) is 5.02 Å². The Balaban J connectivity index is 1.99. The van der Waals surface area contributed by atoms with Crippen LogP contribution in [0, 0.1) is 6.92 Å². The van der Waals surface area contributed by atoms with Gasteiger partial charge in [-0.05, 0) is 42.8 Å². The van der Waals surface area contributed by atoms with Gasteiger partial charge in [0.25, 0.3) is 11.8 Å². The number of benzene rings is 1. The minimum absolute atomic E-state index is 0.131. The fourth-order valence-electron chi connectivity index (χ4n) is 2.55. The third-order valence-electron chi connectivity index (χ3n) is 4.02. The number of urea groups is 1. The molecule has 128 valence electrons. The summed E-state index contributed by atoms with van der Waals surface area (Å²) >= 11 is 6.03. The van der Waals surface area contributed by atoms with E-state index in [0.717, 1.165) is 20.9 Å². The highest BCUT2D eigenvalue weighted by atomic mass is 35.5. The number of rotatable bonds is 2. The molecule has 25 heavy (non-hydrogen) atoms. The minimum Gasteiger partial charge on any atom is -0.457 e. The first kappa shape index (κ1) is 17.0. The van der Waals surface area contributed by atoms with Crippen LogP contribution in [-0.2, 0) is 9.59 Å². The molecule has 0 N–H and O–H groups in total. The smallest absolute Gasteiger partial charge is 0.333 e. The number of likely N-dealkylation sites (N-methyl/N-ethyl adjacent to an activating group) is 2. The van der Waals surface area contributed by atoms with E-state index in [1.807, 2.05) is 13.0 Å². The standard InChI is InChI=1S/C18H15ClN2O4/c1-10-4-5-11(19)8-13(10)15-7-6-12(25-15)9-14-16(22)20(2)18(24)21(3)17(14)23/h4-9H,1-3H3. The van der Waals surface area contributed by atoms with Crippen molar-refractivity contribution in [2.45, 2.75) is 6.92 Å². The van der Waals surface area contributed by atoms with Crippen molar-refractivity contribution in [2.75, 3.05) is 14.1 Å². The fraction of sp³-hybridized carbons (Fsp3) is 0.167. The molecule has 1 aromatic heterocycles. The first-order valence-corrected chi connectivity index (χ1v) is 7.85. The monoisotopic (exact) mass is 358 g/mol. The van der Waals surface area contributed by atoms with Crippen molar-refractivity contribution in [1.29, 1.82) is 0 Å². The van der Waals surface area contributed by atoms with Gasteiger partial charge >= 0.3 is 6.03 Å². The van der Waals surface area contributed by atoms with Gasteiger partial charge in [0.2, 0.25) is 0 Å². The predicted molar refractivity (Wildman–Crippen MR) is 92.8 cm³/mol. The minimum atomic E-state index is -0.665. The summed E-state index contributed by atoms with van der Waals surface area (Å²) in [5, 5.41) is 0.580. The number of imide groups is 2. The van der Waals surface area contributed by atoms with E-state index in [9.17, 15) is 14.4 Å². The zero-order valence-corrected chi connectivity index (χ0v) is 14.6. The third-order valence-corrected chi connectivity index (χ3v) is 4.26. The Kier molecular flexibility index (Phi) is 4.22. The number of barbiturate groups is 1. The van der Waals surface area contributed by atoms with Crippen LogP contribution < -0.4 is 0 Å². The lowest BCUT2D eigenvalue weighted by Crippen LogP contribution is -2.52. The summed E-state index contributed by atoms with van der Waals surface area (Å²) in [6.45, 7) is 1.93. The van der Waals surface area contributed by atoms with Crippen LogP contribution in [0.15, 0.2) is 40.3 Å². The van der Waals surface area contributed by atoms with Crippen molar-refractivity contribution in [3.05, 3.63) is 52.3 Å². The van der Waals surface area contributed by atoms with Crippen molar-refractivity contribution in [3.63, 3.8) is 0 Å². The second-order valence-corrected chi connectivity index (χ2v) is 6.17. The van der Waals surface area contributed by atoms with Crippen molar-refractivity contribution >= 4 is 35.5 Å². The SMILES string of the molecule is Cc1ccc(Cl)cc1-c1ccc(C=C2C(=O)N(C)C(=O)N(C)C2=O)o1. The molecule has 2 aromatic rings. The van der Waals surface area contributed by atoms with E-state index in [4.69, 9.17) is 16.0 Å². The fourth-order valence-corrected chi connectivity index (χ4v) is 2.72. The lowest BCUT2D eigenvalue weighted by molar-refractivity contribution is -0.134. The number of hydrogen-bond acceptors (Lipinski definition) is 4. The number of furan rings is 1. The Morgan fingerprint density at radius 3 is 2.28 bits per heavy atom. The van der Waals surface area contributed by atoms with Crippen molar-refractivity contribution in [3.8, 4) is 11.3 Å². The Morgan fingerprint density at radius 1 is 1.00 bits per heavy atom. The molecule has 1 aliphatic heterocycles. The molecule has 0 unspecified atom stereocenters. The molecule has 0 radical (unpaired) electrons. The highest BCUT2D eigenvalue weighted by Crippen LogP contribution is 2.29. The van der Waals surface area contributed by atoms with E-state index in [1.165, 1.54) is 20.2 Å². The molecule has 0 bridgehead atoms. The van der Waals surface area contributed by atoms with Crippen LogP contribution in [0.1, 0.15) is 11.3 Å². The molecule has 0 aliphatic carbocycles. The molecule has 4 amide bonds. The summed E-state index contributed by atoms with van der Waals surface area (Å²) in [5.41, 5.74) is 1.67. The molecule has 6 nitrogen and oxygen atoms in total. The largest absolute Gasteiger partial charge is 0.457 e. The molecule has 1 saturated heterocycles. The summed E-state index contributed by atoms with van der Waals surface area (Å²) in [6.07, 6.45) is 1.34. The van der Waals surface area contributed by atoms with Crippen LogP contribution in [0.5, 0.6) is 0 Å². The van der Waals surface area contributed by atoms with E-state index >= 15 is 0 Å². The van der Waals surface area contributed by atoms with Gasteiger partial charge < -0.3 is 4.42 Å². The Bertz CT molecular complexity index is 903. The summed E-state index contributed by atoms with van der Waals surface area (Å²) < 4.78 is 5.74. The number of halogens is 1. The normalized spacial score (nSPS) is 15.2. The number of carbonyl (C=O) groups excluding carboxylic acids is 3. The highest BCUT2D eigenvalue weighted by molar-refractivity contribution is 6.31. The molecule has 0 spiro atoms. The van der Waals surface area contributed by atoms with Crippen molar-refractivity contribution < 1.29 is 18.8 Å². The molecule has 3 rings (SSSR count). The summed E-state index contributed by atoms with van der Waals surface area (Å²) in [7, 11) is 2.65. The summed E-state index contributed by atoms with van der Waals surface area (Å²) in [5.74, 6) is -0.419. The predicted octanol–water partition coefficient (Wildman–Crippen LogP) is 3.34. The van der Waals surface area contributed by atoms with Crippen molar-refractivity contribution in [1.82, 2.24) is 9.80 Å². The summed E-state index contributed by atoms with van der Waals surface area (Å²) in [6, 6.07) is 8.17. The van der Waals surface area contributed by atoms with E-state index in [2.05, 4.69) is 0 Å². The Hall–Kier alpha value is -2.86. The number of aryl methyl sites for hydroxylation is 1. The highest BCUT2D eigenvalue weighted by Gasteiger charge is 2.38. The molecule has 1 fully saturated rings. The molecule has 0 atom stereocenters. The second-order valence-electron chi connectivity index (χ2n) is 5.73. The second kappa shape index (κ2) is 6.22. The first-order chi connectivity index (χ1) is 11.8. The van der Waals surface area contributed by atoms with Gasteiger partial charge in [0.1, 0.15) is 17.1 Å². The van der Waals surface area contributed by atoms with Gasteiger partial charge in [-0.1, -0.05) is 17.7 Å². The zero-order valence-electron chi connectivity index (χ0n) is 13.9. The number of hydrogen-bond donors (Lipinski definition) is 0. The maximum absolute atomic E-state index is 12.2. The molecule has 0 saturated carbocycles. The van der Waals surface area contributed by atoms with Crippen LogP contribution in [0.4, 0.5) is 4.79 Å². The van der Waals surface area contributed by atoms with Gasteiger partial charge in [-0.2, -0.15) is 0 Å². The molecule has 1 aromatic carbocycles. The van der Waals surface area contributed by atoms with Crippen LogP contribution in [-0.4, -0.2) is 41.7 Å². The van der Waals surface area contributed by atoms with Crippen LogP contribution in [0.3, 0.4) is 0 Å². The molecule has 1 aliphatic rings. The first-order valence-electron chi connectivity index (χ1n) is 7.47. The lowest BCUT2D eigenvalue weighted by Gasteiger charge is -2.28. The van der Waals surface area contributed by atoms with Crippen LogP contribution in [0.25, 0.3) is 17.4 Å². The van der Waals surface area contributed by atoms with E-state index in [1.54, 1.807) is 24.3 Å². The van der Waals surface area contributed by atoms with Gasteiger partial charge in [0, 0.05) is 24.7 Å². The molecule has 2 heterocycles. The lowest BCUT2D eigenvalue weighted by atomic mass is 10.1. The number of amides is 4. The van der Waals surface area contributed by atoms with Gasteiger partial charge in [-0.3, -0.25) is 19.4 Å². The quantitative estimate of drug-likeness (QED) is 0.609. The Morgan fingerprint density at radius 2 is 1.64 bits per heavy atom. The maximum atomic E-state index is 12.2.